The maximum absolute atomic E-state index is 13.9. The molecular weight excluding hydrogens is 512 g/mol. The monoisotopic (exact) mass is 556 g/mol. The van der Waals surface area contributed by atoms with E-state index < -0.39 is 0 Å². The zero-order valence-corrected chi connectivity index (χ0v) is 24.5. The largest absolute Gasteiger partial charge is 0.383 e. The molecule has 7 heteroatoms. The van der Waals surface area contributed by atoms with E-state index in [-0.39, 0.29) is 24.0 Å². The Kier molecular flexibility index (Phi) is 8.07. The van der Waals surface area contributed by atoms with Crippen molar-refractivity contribution in [2.45, 2.75) is 64.0 Å². The number of methoxy groups -OCH3 is 1. The lowest BCUT2D eigenvalue weighted by molar-refractivity contribution is -0.132. The number of fused-ring (bicyclic) bond motifs is 1. The number of benzene rings is 2. The van der Waals surface area contributed by atoms with Gasteiger partial charge >= 0.3 is 6.03 Å². The van der Waals surface area contributed by atoms with E-state index in [1.807, 2.05) is 23.2 Å². The van der Waals surface area contributed by atoms with Gasteiger partial charge in [0.25, 0.3) is 0 Å². The van der Waals surface area contributed by atoms with Crippen LogP contribution in [-0.4, -0.2) is 65.6 Å². The molecule has 2 aromatic carbocycles. The first-order chi connectivity index (χ1) is 19.9. The molecule has 1 aromatic heterocycles. The summed E-state index contributed by atoms with van der Waals surface area (Å²) in [6, 6.07) is 16.5. The fraction of sp³-hybridized carbons (Fsp3) is 0.529. The maximum atomic E-state index is 13.9. The van der Waals surface area contributed by atoms with Gasteiger partial charge in [-0.2, -0.15) is 0 Å². The minimum atomic E-state index is -0.121. The molecule has 4 aliphatic carbocycles. The molecule has 0 saturated heterocycles. The Hall–Kier alpha value is -3.32. The lowest BCUT2D eigenvalue weighted by atomic mass is 9.53. The van der Waals surface area contributed by atoms with Crippen LogP contribution < -0.4 is 5.32 Å². The number of aromatic amines is 1. The van der Waals surface area contributed by atoms with E-state index >= 15 is 0 Å². The van der Waals surface area contributed by atoms with Crippen molar-refractivity contribution in [2.24, 2.45) is 17.8 Å². The average Bonchev–Trinajstić information content (AvgIpc) is 3.36. The molecule has 2 N–H and O–H groups in total. The third-order valence-corrected chi connectivity index (χ3v) is 9.76. The Bertz CT molecular complexity index is 1330. The molecule has 4 saturated carbocycles. The van der Waals surface area contributed by atoms with E-state index in [0.29, 0.717) is 26.2 Å². The van der Waals surface area contributed by atoms with Gasteiger partial charge in [-0.15, -0.1) is 0 Å². The van der Waals surface area contributed by atoms with Crippen molar-refractivity contribution < 1.29 is 14.3 Å². The summed E-state index contributed by atoms with van der Waals surface area (Å²) in [5.41, 5.74) is 4.47. The predicted octanol–water partition coefficient (Wildman–Crippen LogP) is 5.67. The molecule has 4 fully saturated rings. The van der Waals surface area contributed by atoms with Gasteiger partial charge in [0.2, 0.25) is 5.91 Å². The summed E-state index contributed by atoms with van der Waals surface area (Å²) in [4.78, 5) is 34.6. The number of hydrogen-bond acceptors (Lipinski definition) is 3. The van der Waals surface area contributed by atoms with Crippen molar-refractivity contribution in [3.05, 3.63) is 71.4 Å². The van der Waals surface area contributed by atoms with Crippen LogP contribution in [0.5, 0.6) is 0 Å². The van der Waals surface area contributed by atoms with Crippen LogP contribution in [0.1, 0.15) is 55.2 Å². The number of hydrogen-bond donors (Lipinski definition) is 2. The summed E-state index contributed by atoms with van der Waals surface area (Å²) in [7, 11) is 1.64. The first-order valence-corrected chi connectivity index (χ1v) is 15.3. The van der Waals surface area contributed by atoms with E-state index in [4.69, 9.17) is 4.74 Å². The van der Waals surface area contributed by atoms with Gasteiger partial charge < -0.3 is 24.8 Å². The van der Waals surface area contributed by atoms with Crippen LogP contribution in [0.4, 0.5) is 4.79 Å². The SMILES string of the molecule is COCCN(CC(=O)N(CCc1c[nH]c2ccccc12)Cc1ccc(C)cc1)C(=O)NC12CC3CC(CC(C3)C1)C2. The molecular formula is C34H44N4O3. The highest BCUT2D eigenvalue weighted by atomic mass is 16.5. The Balaban J connectivity index is 1.17. The van der Waals surface area contributed by atoms with E-state index in [1.165, 1.54) is 35.8 Å². The summed E-state index contributed by atoms with van der Waals surface area (Å²) in [6.45, 7) is 3.98. The molecule has 0 aliphatic heterocycles. The molecule has 4 aliphatic rings. The molecule has 7 nitrogen and oxygen atoms in total. The number of aryl methyl sites for hydroxylation is 1. The summed E-state index contributed by atoms with van der Waals surface area (Å²) in [6.07, 6.45) is 10.0. The number of para-hydroxylation sites is 1. The second-order valence-corrected chi connectivity index (χ2v) is 13.0. The van der Waals surface area contributed by atoms with Crippen molar-refractivity contribution in [1.82, 2.24) is 20.1 Å². The number of rotatable bonds is 11. The summed E-state index contributed by atoms with van der Waals surface area (Å²) in [5, 5.41) is 4.65. The van der Waals surface area contributed by atoms with Crippen LogP contribution in [0, 0.1) is 24.7 Å². The number of nitrogens with zero attached hydrogens (tertiary/aromatic N) is 2. The van der Waals surface area contributed by atoms with Gasteiger partial charge in [0.1, 0.15) is 6.54 Å². The molecule has 0 unspecified atom stereocenters. The smallest absolute Gasteiger partial charge is 0.318 e. The highest BCUT2D eigenvalue weighted by molar-refractivity contribution is 5.85. The number of aromatic nitrogens is 1. The number of carbonyl (C=O) groups is 2. The van der Waals surface area contributed by atoms with Crippen molar-refractivity contribution in [3.8, 4) is 0 Å². The quantitative estimate of drug-likeness (QED) is 0.319. The average molecular weight is 557 g/mol. The number of urea groups is 1. The first-order valence-electron chi connectivity index (χ1n) is 15.3. The highest BCUT2D eigenvalue weighted by Gasteiger charge is 2.51. The van der Waals surface area contributed by atoms with Crippen LogP contribution in [-0.2, 0) is 22.5 Å². The van der Waals surface area contributed by atoms with Gasteiger partial charge in [-0.3, -0.25) is 4.79 Å². The molecule has 0 atom stereocenters. The van der Waals surface area contributed by atoms with Crippen LogP contribution in [0.15, 0.2) is 54.7 Å². The summed E-state index contributed by atoms with van der Waals surface area (Å²) in [5.74, 6) is 2.18. The second-order valence-electron chi connectivity index (χ2n) is 13.0. The zero-order chi connectivity index (χ0) is 28.4. The molecule has 41 heavy (non-hydrogen) atoms. The minimum absolute atomic E-state index is 0.0396. The van der Waals surface area contributed by atoms with Crippen LogP contribution in [0.2, 0.25) is 0 Å². The molecule has 0 radical (unpaired) electrons. The molecule has 3 amide bonds. The molecule has 3 aromatic rings. The van der Waals surface area contributed by atoms with E-state index in [0.717, 1.165) is 54.5 Å². The number of carbonyl (C=O) groups excluding carboxylic acids is 2. The third kappa shape index (κ3) is 6.30. The molecule has 0 spiro atoms. The minimum Gasteiger partial charge on any atom is -0.383 e. The highest BCUT2D eigenvalue weighted by Crippen LogP contribution is 2.55. The van der Waals surface area contributed by atoms with Crippen molar-refractivity contribution >= 4 is 22.8 Å². The lowest BCUT2D eigenvalue weighted by Crippen LogP contribution is -2.62. The van der Waals surface area contributed by atoms with Crippen molar-refractivity contribution in [2.75, 3.05) is 33.4 Å². The second kappa shape index (κ2) is 11.9. The Labute approximate surface area is 243 Å². The van der Waals surface area contributed by atoms with E-state index in [2.05, 4.69) is 53.6 Å². The van der Waals surface area contributed by atoms with Crippen LogP contribution in [0.3, 0.4) is 0 Å². The standard InChI is InChI=1S/C34H44N4O3/c1-24-7-9-25(10-8-24)22-37(12-11-29-21-35-31-6-4-3-5-30(29)31)32(39)23-38(13-14-41-2)33(40)36-34-18-26-15-27(19-34)17-28(16-26)20-34/h3-10,21,26-28,35H,11-20,22-23H2,1-2H3,(H,36,40). The van der Waals surface area contributed by atoms with Gasteiger partial charge in [-0.25, -0.2) is 4.79 Å². The van der Waals surface area contributed by atoms with Gasteiger partial charge in [-0.1, -0.05) is 48.0 Å². The van der Waals surface area contributed by atoms with Crippen molar-refractivity contribution in [1.29, 1.82) is 0 Å². The van der Waals surface area contributed by atoms with Gasteiger partial charge in [0.05, 0.1) is 6.61 Å². The molecule has 4 bridgehead atoms. The fourth-order valence-electron chi connectivity index (χ4n) is 8.09. The van der Waals surface area contributed by atoms with E-state index in [1.54, 1.807) is 12.0 Å². The molecule has 7 rings (SSSR count). The zero-order valence-electron chi connectivity index (χ0n) is 24.5. The first kappa shape index (κ1) is 27.8. The summed E-state index contributed by atoms with van der Waals surface area (Å²) >= 11 is 0. The number of amides is 3. The Morgan fingerprint density at radius 3 is 2.32 bits per heavy atom. The Morgan fingerprint density at radius 1 is 0.951 bits per heavy atom. The molecule has 218 valence electrons. The van der Waals surface area contributed by atoms with Gasteiger partial charge in [0, 0.05) is 49.4 Å². The van der Waals surface area contributed by atoms with Gasteiger partial charge in [0.15, 0.2) is 0 Å². The third-order valence-electron chi connectivity index (χ3n) is 9.76. The van der Waals surface area contributed by atoms with Crippen LogP contribution >= 0.6 is 0 Å². The molecule has 1 heterocycles. The van der Waals surface area contributed by atoms with E-state index in [9.17, 15) is 9.59 Å². The predicted molar refractivity (Wildman–Crippen MR) is 161 cm³/mol. The number of H-pyrrole nitrogens is 1. The van der Waals surface area contributed by atoms with Crippen LogP contribution in [0.25, 0.3) is 10.9 Å². The topological polar surface area (TPSA) is 77.7 Å². The normalized spacial score (nSPS) is 24.5. The Morgan fingerprint density at radius 2 is 1.63 bits per heavy atom. The number of nitrogens with one attached hydrogen (secondary N) is 2. The maximum Gasteiger partial charge on any atom is 0.318 e. The van der Waals surface area contributed by atoms with Gasteiger partial charge in [-0.05, 0) is 86.8 Å². The fourth-order valence-corrected chi connectivity index (χ4v) is 8.09. The number of ether oxygens (including phenoxy) is 1. The van der Waals surface area contributed by atoms with Crippen molar-refractivity contribution in [3.63, 3.8) is 0 Å². The summed E-state index contributed by atoms with van der Waals surface area (Å²) < 4.78 is 5.35. The lowest BCUT2D eigenvalue weighted by Gasteiger charge is -2.57.